The molecule has 0 aliphatic carbocycles. The first-order valence-electron chi connectivity index (χ1n) is 6.75. The lowest BCUT2D eigenvalue weighted by molar-refractivity contribution is -0.120. The van der Waals surface area contributed by atoms with Crippen LogP contribution in [0, 0.1) is 6.92 Å². The average Bonchev–Trinajstić information content (AvgIpc) is 3.15. The highest BCUT2D eigenvalue weighted by molar-refractivity contribution is 7.13. The molecule has 0 atom stereocenters. The molecule has 0 saturated carbocycles. The molecule has 6 nitrogen and oxygen atoms in total. The lowest BCUT2D eigenvalue weighted by atomic mass is 10.2. The predicted octanol–water partition coefficient (Wildman–Crippen LogP) is 2.36. The van der Waals surface area contributed by atoms with Gasteiger partial charge in [-0.05, 0) is 41.6 Å². The maximum Gasteiger partial charge on any atom is 0.258 e. The molecule has 112 valence electrons. The SMILES string of the molecule is Cc1ccsc1-c1nnc(CC(=O)NCc2ccncc2)o1. The van der Waals surface area contributed by atoms with Crippen molar-refractivity contribution in [1.82, 2.24) is 20.5 Å². The van der Waals surface area contributed by atoms with E-state index >= 15 is 0 Å². The maximum absolute atomic E-state index is 11.9. The second kappa shape index (κ2) is 6.48. The number of nitrogens with zero attached hydrogens (tertiary/aromatic N) is 3. The smallest absolute Gasteiger partial charge is 0.258 e. The average molecular weight is 314 g/mol. The lowest BCUT2D eigenvalue weighted by Crippen LogP contribution is -2.24. The highest BCUT2D eigenvalue weighted by Crippen LogP contribution is 2.27. The Morgan fingerprint density at radius 3 is 2.82 bits per heavy atom. The number of carbonyl (C=O) groups is 1. The molecular formula is C15H14N4O2S. The summed E-state index contributed by atoms with van der Waals surface area (Å²) in [6.45, 7) is 2.43. The van der Waals surface area contributed by atoms with Crippen LogP contribution in [0.1, 0.15) is 17.0 Å². The Balaban J connectivity index is 1.58. The summed E-state index contributed by atoms with van der Waals surface area (Å²) in [5.74, 6) is 0.620. The van der Waals surface area contributed by atoms with Crippen molar-refractivity contribution in [2.45, 2.75) is 19.9 Å². The molecule has 3 aromatic heterocycles. The van der Waals surface area contributed by atoms with Crippen molar-refractivity contribution >= 4 is 17.2 Å². The van der Waals surface area contributed by atoms with Gasteiger partial charge in [0.25, 0.3) is 5.89 Å². The Morgan fingerprint density at radius 1 is 1.27 bits per heavy atom. The zero-order chi connectivity index (χ0) is 15.4. The summed E-state index contributed by atoms with van der Waals surface area (Å²) >= 11 is 1.54. The second-order valence-corrected chi connectivity index (χ2v) is 5.66. The van der Waals surface area contributed by atoms with Gasteiger partial charge in [-0.1, -0.05) is 0 Å². The number of pyridine rings is 1. The van der Waals surface area contributed by atoms with Gasteiger partial charge in [-0.2, -0.15) is 0 Å². The van der Waals surface area contributed by atoms with Gasteiger partial charge in [-0.25, -0.2) is 0 Å². The first-order chi connectivity index (χ1) is 10.7. The Kier molecular flexibility index (Phi) is 4.24. The summed E-state index contributed by atoms with van der Waals surface area (Å²) in [6.07, 6.45) is 3.45. The van der Waals surface area contributed by atoms with Crippen LogP contribution < -0.4 is 5.32 Å². The minimum Gasteiger partial charge on any atom is -0.419 e. The molecule has 0 radical (unpaired) electrons. The van der Waals surface area contributed by atoms with Crippen LogP contribution in [0.2, 0.25) is 0 Å². The highest BCUT2D eigenvalue weighted by atomic mass is 32.1. The Labute approximate surface area is 131 Å². The third-order valence-corrected chi connectivity index (χ3v) is 4.08. The van der Waals surface area contributed by atoms with Crippen molar-refractivity contribution in [3.63, 3.8) is 0 Å². The van der Waals surface area contributed by atoms with E-state index in [1.807, 2.05) is 30.5 Å². The molecule has 0 aliphatic heterocycles. The molecule has 1 amide bonds. The minimum absolute atomic E-state index is 0.0719. The number of aryl methyl sites for hydroxylation is 1. The van der Waals surface area contributed by atoms with E-state index in [1.165, 1.54) is 11.3 Å². The number of carbonyl (C=O) groups excluding carboxylic acids is 1. The fourth-order valence-corrected chi connectivity index (χ4v) is 2.76. The predicted molar refractivity (Wildman–Crippen MR) is 82.1 cm³/mol. The molecule has 3 rings (SSSR count). The largest absolute Gasteiger partial charge is 0.419 e. The normalized spacial score (nSPS) is 10.6. The molecule has 0 aromatic carbocycles. The molecular weight excluding hydrogens is 300 g/mol. The van der Waals surface area contributed by atoms with E-state index in [1.54, 1.807) is 12.4 Å². The number of nitrogens with one attached hydrogen (secondary N) is 1. The number of hydrogen-bond donors (Lipinski definition) is 1. The molecule has 0 spiro atoms. The van der Waals surface area contributed by atoms with Crippen LogP contribution in [0.4, 0.5) is 0 Å². The molecule has 0 fully saturated rings. The van der Waals surface area contributed by atoms with Crippen LogP contribution >= 0.6 is 11.3 Å². The van der Waals surface area contributed by atoms with Crippen LogP contribution in [-0.2, 0) is 17.8 Å². The first-order valence-corrected chi connectivity index (χ1v) is 7.63. The second-order valence-electron chi connectivity index (χ2n) is 4.74. The molecule has 22 heavy (non-hydrogen) atoms. The van der Waals surface area contributed by atoms with E-state index in [0.717, 1.165) is 16.0 Å². The Bertz CT molecular complexity index is 767. The van der Waals surface area contributed by atoms with Crippen LogP contribution in [0.15, 0.2) is 40.4 Å². The van der Waals surface area contributed by atoms with E-state index < -0.39 is 0 Å². The summed E-state index contributed by atoms with van der Waals surface area (Å²) < 4.78 is 5.55. The third kappa shape index (κ3) is 3.37. The van der Waals surface area contributed by atoms with Gasteiger partial charge >= 0.3 is 0 Å². The van der Waals surface area contributed by atoms with Gasteiger partial charge in [0.15, 0.2) is 0 Å². The monoisotopic (exact) mass is 314 g/mol. The molecule has 1 N–H and O–H groups in total. The summed E-state index contributed by atoms with van der Waals surface area (Å²) in [7, 11) is 0. The quantitative estimate of drug-likeness (QED) is 0.782. The van der Waals surface area contributed by atoms with Gasteiger partial charge in [0.1, 0.15) is 6.42 Å². The fraction of sp³-hybridized carbons (Fsp3) is 0.200. The van der Waals surface area contributed by atoms with E-state index in [-0.39, 0.29) is 12.3 Å². The van der Waals surface area contributed by atoms with Gasteiger partial charge in [-0.3, -0.25) is 9.78 Å². The maximum atomic E-state index is 11.9. The molecule has 0 bridgehead atoms. The molecule has 0 saturated heterocycles. The summed E-state index contributed by atoms with van der Waals surface area (Å²) in [4.78, 5) is 16.8. The van der Waals surface area contributed by atoms with Crippen LogP contribution in [-0.4, -0.2) is 21.1 Å². The van der Waals surface area contributed by atoms with Crippen molar-refractivity contribution in [2.75, 3.05) is 0 Å². The molecule has 7 heteroatoms. The lowest BCUT2D eigenvalue weighted by Gasteiger charge is -2.02. The van der Waals surface area contributed by atoms with Gasteiger partial charge < -0.3 is 9.73 Å². The highest BCUT2D eigenvalue weighted by Gasteiger charge is 2.14. The van der Waals surface area contributed by atoms with Crippen molar-refractivity contribution in [3.8, 4) is 10.8 Å². The number of amides is 1. The molecule has 0 aliphatic rings. The van der Waals surface area contributed by atoms with Crippen molar-refractivity contribution < 1.29 is 9.21 Å². The molecule has 3 aromatic rings. The third-order valence-electron chi connectivity index (χ3n) is 3.07. The summed E-state index contributed by atoms with van der Waals surface area (Å²) in [5, 5.41) is 12.7. The Morgan fingerprint density at radius 2 is 2.09 bits per heavy atom. The van der Waals surface area contributed by atoms with E-state index in [4.69, 9.17) is 4.42 Å². The van der Waals surface area contributed by atoms with Gasteiger partial charge in [0.2, 0.25) is 11.8 Å². The van der Waals surface area contributed by atoms with Crippen molar-refractivity contribution in [2.24, 2.45) is 0 Å². The zero-order valence-corrected chi connectivity index (χ0v) is 12.8. The minimum atomic E-state index is -0.157. The summed E-state index contributed by atoms with van der Waals surface area (Å²) in [6, 6.07) is 5.70. The van der Waals surface area contributed by atoms with Crippen molar-refractivity contribution in [1.29, 1.82) is 0 Å². The van der Waals surface area contributed by atoms with Crippen LogP contribution in [0.25, 0.3) is 10.8 Å². The van der Waals surface area contributed by atoms with Gasteiger partial charge in [0.05, 0.1) is 4.88 Å². The van der Waals surface area contributed by atoms with Crippen LogP contribution in [0.5, 0.6) is 0 Å². The van der Waals surface area contributed by atoms with E-state index in [9.17, 15) is 4.79 Å². The topological polar surface area (TPSA) is 80.9 Å². The Hall–Kier alpha value is -2.54. The number of aromatic nitrogens is 3. The zero-order valence-electron chi connectivity index (χ0n) is 11.9. The number of rotatable bonds is 5. The fourth-order valence-electron chi connectivity index (χ4n) is 1.91. The van der Waals surface area contributed by atoms with Gasteiger partial charge in [0, 0.05) is 18.9 Å². The number of thiophene rings is 1. The molecule has 3 heterocycles. The van der Waals surface area contributed by atoms with E-state index in [0.29, 0.717) is 18.3 Å². The molecule has 0 unspecified atom stereocenters. The van der Waals surface area contributed by atoms with Gasteiger partial charge in [-0.15, -0.1) is 21.5 Å². The first kappa shape index (κ1) is 14.4. The van der Waals surface area contributed by atoms with Crippen LogP contribution in [0.3, 0.4) is 0 Å². The number of hydrogen-bond acceptors (Lipinski definition) is 6. The summed E-state index contributed by atoms with van der Waals surface area (Å²) in [5.41, 5.74) is 2.08. The van der Waals surface area contributed by atoms with E-state index in [2.05, 4.69) is 20.5 Å². The standard InChI is InChI=1S/C15H14N4O2S/c1-10-4-7-22-14(10)15-19-18-13(21-15)8-12(20)17-9-11-2-5-16-6-3-11/h2-7H,8-9H2,1H3,(H,17,20). The van der Waals surface area contributed by atoms with Crippen molar-refractivity contribution in [3.05, 3.63) is 53.0 Å².